The van der Waals surface area contributed by atoms with E-state index in [4.69, 9.17) is 0 Å². The summed E-state index contributed by atoms with van der Waals surface area (Å²) in [7, 11) is 0. The molecule has 0 atom stereocenters. The lowest BCUT2D eigenvalue weighted by Crippen LogP contribution is -1.91. The van der Waals surface area contributed by atoms with Crippen LogP contribution in [0.4, 0.5) is 0 Å². The molecule has 0 aliphatic heterocycles. The average Bonchev–Trinajstić information content (AvgIpc) is 2.44. The molecule has 0 bridgehead atoms. The Bertz CT molecular complexity index is 403. The predicted molar refractivity (Wildman–Crippen MR) is 47.1 cm³/mol. The minimum absolute atomic E-state index is 0.945. The van der Waals surface area contributed by atoms with E-state index in [2.05, 4.69) is 16.9 Å². The number of aryl methyl sites for hydroxylation is 2. The van der Waals surface area contributed by atoms with Gasteiger partial charge in [-0.15, -0.1) is 0 Å². The summed E-state index contributed by atoms with van der Waals surface area (Å²) >= 11 is 0. The number of imidazole rings is 1. The third kappa shape index (κ3) is 0.897. The van der Waals surface area contributed by atoms with Crippen LogP contribution >= 0.6 is 0 Å². The molecule has 0 aromatic carbocycles. The van der Waals surface area contributed by atoms with Crippen LogP contribution in [0.25, 0.3) is 5.65 Å². The average molecular weight is 161 g/mol. The van der Waals surface area contributed by atoms with Gasteiger partial charge in [-0.3, -0.25) is 4.40 Å². The van der Waals surface area contributed by atoms with Crippen molar-refractivity contribution >= 4 is 5.65 Å². The van der Waals surface area contributed by atoms with E-state index in [1.165, 1.54) is 0 Å². The van der Waals surface area contributed by atoms with Crippen molar-refractivity contribution < 1.29 is 0 Å². The summed E-state index contributed by atoms with van der Waals surface area (Å²) in [6.45, 7) is 4.09. The Balaban J connectivity index is 2.82. The van der Waals surface area contributed by atoms with Crippen molar-refractivity contribution in [2.75, 3.05) is 0 Å². The number of hydrogen-bond acceptors (Lipinski definition) is 2. The van der Waals surface area contributed by atoms with E-state index in [0.29, 0.717) is 0 Å². The largest absolute Gasteiger partial charge is 0.288 e. The van der Waals surface area contributed by atoms with Crippen LogP contribution in [0.1, 0.15) is 18.4 Å². The highest BCUT2D eigenvalue weighted by molar-refractivity contribution is 5.44. The van der Waals surface area contributed by atoms with E-state index in [9.17, 15) is 0 Å². The zero-order valence-electron chi connectivity index (χ0n) is 7.28. The van der Waals surface area contributed by atoms with Gasteiger partial charge in [0.2, 0.25) is 0 Å². The molecular weight excluding hydrogens is 150 g/mol. The van der Waals surface area contributed by atoms with Crippen molar-refractivity contribution in [3.05, 3.63) is 30.0 Å². The molecule has 2 aromatic rings. The van der Waals surface area contributed by atoms with Crippen LogP contribution in [-0.2, 0) is 6.42 Å². The number of nitrogens with zero attached hydrogens (tertiary/aromatic N) is 3. The summed E-state index contributed by atoms with van der Waals surface area (Å²) in [5, 5.41) is 0. The summed E-state index contributed by atoms with van der Waals surface area (Å²) in [6.07, 6.45) is 4.74. The van der Waals surface area contributed by atoms with Gasteiger partial charge in [0.25, 0.3) is 0 Å². The summed E-state index contributed by atoms with van der Waals surface area (Å²) in [6, 6.07) is 1.92. The van der Waals surface area contributed by atoms with Gasteiger partial charge in [-0.2, -0.15) is 0 Å². The highest BCUT2D eigenvalue weighted by atomic mass is 15.1. The number of fused-ring (bicyclic) bond motifs is 1. The molecule has 0 amide bonds. The molecule has 0 aliphatic rings. The molecule has 0 radical (unpaired) electrons. The fourth-order valence-electron chi connectivity index (χ4n) is 1.39. The fraction of sp³-hybridized carbons (Fsp3) is 0.333. The molecule has 0 aliphatic carbocycles. The smallest absolute Gasteiger partial charge is 0.159 e. The zero-order chi connectivity index (χ0) is 8.55. The van der Waals surface area contributed by atoms with Crippen LogP contribution in [0.2, 0.25) is 0 Å². The Kier molecular flexibility index (Phi) is 1.57. The van der Waals surface area contributed by atoms with Gasteiger partial charge >= 0.3 is 0 Å². The minimum atomic E-state index is 0.945. The molecule has 0 spiro atoms. The predicted octanol–water partition coefficient (Wildman–Crippen LogP) is 1.60. The number of aromatic nitrogens is 3. The molecule has 12 heavy (non-hydrogen) atoms. The number of hydrogen-bond donors (Lipinski definition) is 0. The molecule has 2 heterocycles. The number of rotatable bonds is 1. The topological polar surface area (TPSA) is 30.2 Å². The minimum Gasteiger partial charge on any atom is -0.288 e. The Morgan fingerprint density at radius 2 is 2.33 bits per heavy atom. The molecule has 0 saturated heterocycles. The van der Waals surface area contributed by atoms with Gasteiger partial charge in [-0.05, 0) is 13.0 Å². The molecule has 62 valence electrons. The maximum absolute atomic E-state index is 4.41. The van der Waals surface area contributed by atoms with Crippen molar-refractivity contribution in [3.8, 4) is 0 Å². The SMILES string of the molecule is CCc1nc(C)c2ncccn12. The van der Waals surface area contributed by atoms with Gasteiger partial charge in [0.05, 0.1) is 5.69 Å². The highest BCUT2D eigenvalue weighted by Crippen LogP contribution is 2.08. The molecule has 3 nitrogen and oxygen atoms in total. The first-order valence-corrected chi connectivity index (χ1v) is 4.11. The molecular formula is C9H11N3. The molecule has 2 aromatic heterocycles. The summed E-state index contributed by atoms with van der Waals surface area (Å²) in [4.78, 5) is 8.66. The van der Waals surface area contributed by atoms with Gasteiger partial charge in [0.1, 0.15) is 5.82 Å². The molecule has 0 saturated carbocycles. The first kappa shape index (κ1) is 7.28. The van der Waals surface area contributed by atoms with Crippen LogP contribution in [0, 0.1) is 6.92 Å². The van der Waals surface area contributed by atoms with Crippen molar-refractivity contribution in [1.82, 2.24) is 14.4 Å². The Hall–Kier alpha value is -1.38. The lowest BCUT2D eigenvalue weighted by atomic mass is 10.4. The Morgan fingerprint density at radius 1 is 1.50 bits per heavy atom. The second-order valence-electron chi connectivity index (χ2n) is 2.78. The maximum Gasteiger partial charge on any atom is 0.159 e. The van der Waals surface area contributed by atoms with Crippen LogP contribution < -0.4 is 0 Å². The summed E-state index contributed by atoms with van der Waals surface area (Å²) < 4.78 is 2.04. The lowest BCUT2D eigenvalue weighted by Gasteiger charge is -1.94. The monoisotopic (exact) mass is 161 g/mol. The van der Waals surface area contributed by atoms with Gasteiger partial charge in [0.15, 0.2) is 5.65 Å². The van der Waals surface area contributed by atoms with Crippen molar-refractivity contribution in [2.45, 2.75) is 20.3 Å². The highest BCUT2D eigenvalue weighted by Gasteiger charge is 2.04. The molecule has 2 rings (SSSR count). The molecule has 0 fully saturated rings. The van der Waals surface area contributed by atoms with Crippen molar-refractivity contribution in [3.63, 3.8) is 0 Å². The van der Waals surface area contributed by atoms with E-state index in [-0.39, 0.29) is 0 Å². The Labute approximate surface area is 71.1 Å². The van der Waals surface area contributed by atoms with Crippen LogP contribution in [-0.4, -0.2) is 14.4 Å². The standard InChI is InChI=1S/C9H11N3/c1-3-8-11-7(2)9-10-5-4-6-12(8)9/h4-6H,3H2,1-2H3. The second kappa shape index (κ2) is 2.59. The summed E-state index contributed by atoms with van der Waals surface area (Å²) in [5.41, 5.74) is 1.97. The maximum atomic E-state index is 4.41. The van der Waals surface area contributed by atoms with Crippen molar-refractivity contribution in [1.29, 1.82) is 0 Å². The fourth-order valence-corrected chi connectivity index (χ4v) is 1.39. The van der Waals surface area contributed by atoms with E-state index in [1.54, 1.807) is 6.20 Å². The lowest BCUT2D eigenvalue weighted by molar-refractivity contribution is 0.922. The zero-order valence-corrected chi connectivity index (χ0v) is 7.28. The molecule has 0 unspecified atom stereocenters. The quantitative estimate of drug-likeness (QED) is 0.636. The van der Waals surface area contributed by atoms with E-state index in [0.717, 1.165) is 23.6 Å². The summed E-state index contributed by atoms with van der Waals surface area (Å²) in [5.74, 6) is 1.08. The molecule has 0 N–H and O–H groups in total. The van der Waals surface area contributed by atoms with Gasteiger partial charge in [-0.1, -0.05) is 6.92 Å². The van der Waals surface area contributed by atoms with Crippen LogP contribution in [0.3, 0.4) is 0 Å². The third-order valence-corrected chi connectivity index (χ3v) is 1.96. The Morgan fingerprint density at radius 3 is 3.08 bits per heavy atom. The van der Waals surface area contributed by atoms with Gasteiger partial charge < -0.3 is 0 Å². The second-order valence-corrected chi connectivity index (χ2v) is 2.78. The third-order valence-electron chi connectivity index (χ3n) is 1.96. The van der Waals surface area contributed by atoms with Gasteiger partial charge in [-0.25, -0.2) is 9.97 Å². The van der Waals surface area contributed by atoms with E-state index < -0.39 is 0 Å². The normalized spacial score (nSPS) is 10.8. The van der Waals surface area contributed by atoms with Gasteiger partial charge in [0, 0.05) is 18.8 Å². The first-order valence-electron chi connectivity index (χ1n) is 4.11. The van der Waals surface area contributed by atoms with Crippen LogP contribution in [0.5, 0.6) is 0 Å². The first-order chi connectivity index (χ1) is 5.83. The van der Waals surface area contributed by atoms with E-state index in [1.807, 2.05) is 23.6 Å². The van der Waals surface area contributed by atoms with Crippen LogP contribution in [0.15, 0.2) is 18.5 Å². The van der Waals surface area contributed by atoms with E-state index >= 15 is 0 Å². The van der Waals surface area contributed by atoms with Crippen molar-refractivity contribution in [2.24, 2.45) is 0 Å². The molecule has 3 heteroatoms.